The lowest BCUT2D eigenvalue weighted by Gasteiger charge is -2.44. The molecular formula is C26H38ClN3O4Si. The van der Waals surface area contributed by atoms with Gasteiger partial charge in [0.15, 0.2) is 8.32 Å². The number of nitrogens with one attached hydrogen (secondary N) is 1. The van der Waals surface area contributed by atoms with Crippen LogP contribution in [0.2, 0.25) is 23.2 Å². The van der Waals surface area contributed by atoms with Crippen molar-refractivity contribution in [1.29, 1.82) is 0 Å². The maximum Gasteiger partial charge on any atom is 0.292 e. The molecule has 1 aromatic carbocycles. The Labute approximate surface area is 214 Å². The normalized spacial score (nSPS) is 23.0. The third-order valence-electron chi connectivity index (χ3n) is 7.46. The molecule has 0 amide bonds. The number of benzene rings is 1. The van der Waals surface area contributed by atoms with Crippen molar-refractivity contribution in [1.82, 2.24) is 9.78 Å². The molecule has 0 bridgehead atoms. The Bertz CT molecular complexity index is 1060. The summed E-state index contributed by atoms with van der Waals surface area (Å²) in [7, 11) is -1.75. The van der Waals surface area contributed by atoms with Crippen LogP contribution in [-0.4, -0.2) is 50.1 Å². The lowest BCUT2D eigenvalue weighted by Crippen LogP contribution is -2.50. The van der Waals surface area contributed by atoms with Gasteiger partial charge in [0, 0.05) is 26.0 Å². The Hall–Kier alpha value is -1.87. The standard InChI is InChI=1S/C26H38ClN3O4Si/c1-26(2,3)35(4,5)34-22-13-21(14-22)33-20-10-8-19(9-11-20)30-25(31)24(27)23(16-29-30)28-15-18-7-6-12-32-17-18/h8-11,16,18,21-22,28H,6-7,12-15,17H2,1-5H3/t18-,21-,22-/m1/s1. The molecule has 1 aromatic heterocycles. The van der Waals surface area contributed by atoms with E-state index in [1.54, 1.807) is 6.20 Å². The summed E-state index contributed by atoms with van der Waals surface area (Å²) < 4.78 is 19.4. The average molecular weight is 520 g/mol. The van der Waals surface area contributed by atoms with Crippen molar-refractivity contribution in [2.45, 2.75) is 76.8 Å². The van der Waals surface area contributed by atoms with Crippen LogP contribution in [0.4, 0.5) is 5.69 Å². The molecule has 0 spiro atoms. The predicted octanol–water partition coefficient (Wildman–Crippen LogP) is 5.66. The fourth-order valence-corrected chi connectivity index (χ4v) is 5.70. The molecule has 2 aromatic rings. The number of ether oxygens (including phenoxy) is 2. The van der Waals surface area contributed by atoms with Gasteiger partial charge in [-0.2, -0.15) is 9.78 Å². The summed E-state index contributed by atoms with van der Waals surface area (Å²) in [6.07, 6.45) is 6.03. The largest absolute Gasteiger partial charge is 0.490 e. The van der Waals surface area contributed by atoms with Crippen LogP contribution < -0.4 is 15.6 Å². The molecular weight excluding hydrogens is 482 g/mol. The van der Waals surface area contributed by atoms with Gasteiger partial charge in [-0.3, -0.25) is 4.79 Å². The van der Waals surface area contributed by atoms with E-state index >= 15 is 0 Å². The molecule has 35 heavy (non-hydrogen) atoms. The van der Waals surface area contributed by atoms with Crippen molar-refractivity contribution in [3.63, 3.8) is 0 Å². The van der Waals surface area contributed by atoms with Crippen LogP contribution in [0.15, 0.2) is 35.3 Å². The zero-order valence-electron chi connectivity index (χ0n) is 21.5. The van der Waals surface area contributed by atoms with E-state index in [4.69, 9.17) is 25.5 Å². The van der Waals surface area contributed by atoms with Gasteiger partial charge in [0.2, 0.25) is 0 Å². The Kier molecular flexibility index (Phi) is 7.95. The molecule has 1 aliphatic heterocycles. The van der Waals surface area contributed by atoms with Gasteiger partial charge in [-0.05, 0) is 61.2 Å². The number of hydrogen-bond donors (Lipinski definition) is 1. The van der Waals surface area contributed by atoms with Gasteiger partial charge in [0.25, 0.3) is 5.56 Å². The minimum atomic E-state index is -1.75. The van der Waals surface area contributed by atoms with E-state index < -0.39 is 8.32 Å². The molecule has 1 atom stereocenters. The SMILES string of the molecule is CC(C)(C)[Si](C)(C)O[C@H]1C[C@H](Oc2ccc(-n3ncc(NC[C@H]4CCCOC4)c(Cl)c3=O)cc2)C1. The maximum atomic E-state index is 12.8. The van der Waals surface area contributed by atoms with Gasteiger partial charge in [0.05, 0.1) is 30.3 Å². The van der Waals surface area contributed by atoms with Gasteiger partial charge < -0.3 is 19.2 Å². The van der Waals surface area contributed by atoms with Gasteiger partial charge in [-0.15, -0.1) is 0 Å². The first-order valence-electron chi connectivity index (χ1n) is 12.6. The highest BCUT2D eigenvalue weighted by Gasteiger charge is 2.43. The molecule has 2 fully saturated rings. The topological polar surface area (TPSA) is 74.6 Å². The molecule has 0 unspecified atom stereocenters. The highest BCUT2D eigenvalue weighted by atomic mass is 35.5. The lowest BCUT2D eigenvalue weighted by molar-refractivity contribution is -0.00312. The van der Waals surface area contributed by atoms with Crippen molar-refractivity contribution in [2.24, 2.45) is 5.92 Å². The van der Waals surface area contributed by atoms with Gasteiger partial charge in [-0.1, -0.05) is 32.4 Å². The molecule has 1 saturated heterocycles. The van der Waals surface area contributed by atoms with Gasteiger partial charge in [0.1, 0.15) is 16.9 Å². The lowest BCUT2D eigenvalue weighted by atomic mass is 9.92. The molecule has 1 aliphatic carbocycles. The average Bonchev–Trinajstić information content (AvgIpc) is 2.79. The second-order valence-corrected chi connectivity index (χ2v) is 16.4. The van der Waals surface area contributed by atoms with Crippen LogP contribution in [0.25, 0.3) is 5.69 Å². The minimum absolute atomic E-state index is 0.138. The number of nitrogens with zero attached hydrogens (tertiary/aromatic N) is 2. The van der Waals surface area contributed by atoms with E-state index in [0.29, 0.717) is 23.8 Å². The Balaban J connectivity index is 1.32. The second-order valence-electron chi connectivity index (χ2n) is 11.3. The van der Waals surface area contributed by atoms with Crippen molar-refractivity contribution < 1.29 is 13.9 Å². The fourth-order valence-electron chi connectivity index (χ4n) is 4.12. The number of hydrogen-bond acceptors (Lipinski definition) is 6. The highest BCUT2D eigenvalue weighted by Crippen LogP contribution is 2.40. The van der Waals surface area contributed by atoms with Crippen molar-refractivity contribution >= 4 is 25.6 Å². The predicted molar refractivity (Wildman–Crippen MR) is 143 cm³/mol. The number of rotatable bonds is 8. The van der Waals surface area contributed by atoms with E-state index in [-0.39, 0.29) is 27.8 Å². The Morgan fingerprint density at radius 3 is 2.54 bits per heavy atom. The Morgan fingerprint density at radius 1 is 1.20 bits per heavy atom. The first-order chi connectivity index (χ1) is 16.5. The van der Waals surface area contributed by atoms with E-state index in [9.17, 15) is 4.79 Å². The molecule has 1 N–H and O–H groups in total. The van der Waals surface area contributed by atoms with Gasteiger partial charge in [-0.25, -0.2) is 0 Å². The van der Waals surface area contributed by atoms with E-state index in [2.05, 4.69) is 44.3 Å². The monoisotopic (exact) mass is 519 g/mol. The van der Waals surface area contributed by atoms with Crippen LogP contribution in [0.1, 0.15) is 46.5 Å². The van der Waals surface area contributed by atoms with Crippen LogP contribution in [-0.2, 0) is 9.16 Å². The molecule has 7 nitrogen and oxygen atoms in total. The van der Waals surface area contributed by atoms with Crippen LogP contribution in [0, 0.1) is 5.92 Å². The van der Waals surface area contributed by atoms with Gasteiger partial charge >= 0.3 is 0 Å². The zero-order chi connectivity index (χ0) is 25.2. The number of halogens is 1. The molecule has 9 heteroatoms. The summed E-state index contributed by atoms with van der Waals surface area (Å²) >= 11 is 6.38. The van der Waals surface area contributed by atoms with Crippen LogP contribution >= 0.6 is 11.6 Å². The van der Waals surface area contributed by atoms with Crippen LogP contribution in [0.3, 0.4) is 0 Å². The minimum Gasteiger partial charge on any atom is -0.490 e. The fraction of sp³-hybridized carbons (Fsp3) is 0.615. The molecule has 4 rings (SSSR count). The van der Waals surface area contributed by atoms with E-state index in [1.165, 1.54) is 4.68 Å². The second kappa shape index (κ2) is 10.6. The first-order valence-corrected chi connectivity index (χ1v) is 15.9. The summed E-state index contributed by atoms with van der Waals surface area (Å²) in [4.78, 5) is 12.8. The third-order valence-corrected chi connectivity index (χ3v) is 12.4. The summed E-state index contributed by atoms with van der Waals surface area (Å²) in [6, 6.07) is 7.40. The molecule has 192 valence electrons. The van der Waals surface area contributed by atoms with Crippen molar-refractivity contribution in [3.8, 4) is 11.4 Å². The highest BCUT2D eigenvalue weighted by molar-refractivity contribution is 6.74. The zero-order valence-corrected chi connectivity index (χ0v) is 23.2. The molecule has 1 saturated carbocycles. The molecule has 2 heterocycles. The Morgan fingerprint density at radius 2 is 1.91 bits per heavy atom. The first kappa shape index (κ1) is 26.2. The van der Waals surface area contributed by atoms with E-state index in [1.807, 2.05) is 24.3 Å². The molecule has 2 aliphatic rings. The molecule has 0 radical (unpaired) electrons. The quantitative estimate of drug-likeness (QED) is 0.454. The maximum absolute atomic E-state index is 12.8. The van der Waals surface area contributed by atoms with Crippen molar-refractivity contribution in [3.05, 3.63) is 45.8 Å². The summed E-state index contributed by atoms with van der Waals surface area (Å²) in [6.45, 7) is 13.6. The number of aromatic nitrogens is 2. The summed E-state index contributed by atoms with van der Waals surface area (Å²) in [5.74, 6) is 1.19. The smallest absolute Gasteiger partial charge is 0.292 e. The third kappa shape index (κ3) is 6.28. The number of anilines is 1. The van der Waals surface area contributed by atoms with Crippen LogP contribution in [0.5, 0.6) is 5.75 Å². The van der Waals surface area contributed by atoms with E-state index in [0.717, 1.165) is 44.6 Å². The van der Waals surface area contributed by atoms with Crippen molar-refractivity contribution in [2.75, 3.05) is 25.1 Å². The summed E-state index contributed by atoms with van der Waals surface area (Å²) in [5, 5.41) is 7.93. The summed E-state index contributed by atoms with van der Waals surface area (Å²) in [5.41, 5.74) is 0.844.